The van der Waals surface area contributed by atoms with Crippen LogP contribution in [0.5, 0.6) is 5.75 Å². The molecule has 3 amide bonds. The van der Waals surface area contributed by atoms with Crippen molar-refractivity contribution in [3.8, 4) is 5.75 Å². The first-order valence-corrected chi connectivity index (χ1v) is 8.18. The van der Waals surface area contributed by atoms with Crippen LogP contribution in [-0.4, -0.2) is 41.6 Å². The van der Waals surface area contributed by atoms with Crippen molar-refractivity contribution in [3.05, 3.63) is 23.3 Å². The Balaban J connectivity index is 3.15. The quantitative estimate of drug-likeness (QED) is 0.675. The lowest BCUT2D eigenvalue weighted by atomic mass is 10.0. The Morgan fingerprint density at radius 1 is 1.13 bits per heavy atom. The predicted molar refractivity (Wildman–Crippen MR) is 92.0 cm³/mol. The van der Waals surface area contributed by atoms with Gasteiger partial charge < -0.3 is 20.6 Å². The number of urea groups is 1. The van der Waals surface area contributed by atoms with E-state index < -0.39 is 6.03 Å². The van der Waals surface area contributed by atoms with Crippen molar-refractivity contribution in [1.82, 2.24) is 10.2 Å². The van der Waals surface area contributed by atoms with Gasteiger partial charge in [-0.3, -0.25) is 4.79 Å². The number of phenols is 1. The van der Waals surface area contributed by atoms with Gasteiger partial charge >= 0.3 is 6.03 Å². The van der Waals surface area contributed by atoms with E-state index in [-0.39, 0.29) is 22.9 Å². The Labute approximate surface area is 137 Å². The molecule has 0 saturated carbocycles. The van der Waals surface area contributed by atoms with Crippen molar-refractivity contribution < 1.29 is 14.7 Å². The topological polar surface area (TPSA) is 81.7 Å². The number of aryl methyl sites for hydroxylation is 1. The van der Waals surface area contributed by atoms with E-state index >= 15 is 0 Å². The fourth-order valence-electron chi connectivity index (χ4n) is 2.24. The summed E-state index contributed by atoms with van der Waals surface area (Å²) in [6.45, 7) is 9.36. The molecule has 128 valence electrons. The molecule has 0 aliphatic carbocycles. The van der Waals surface area contributed by atoms with E-state index in [1.54, 1.807) is 17.0 Å². The second kappa shape index (κ2) is 9.02. The van der Waals surface area contributed by atoms with E-state index in [4.69, 9.17) is 0 Å². The summed E-state index contributed by atoms with van der Waals surface area (Å²) in [6, 6.07) is 2.99. The van der Waals surface area contributed by atoms with Gasteiger partial charge in [0.2, 0.25) is 0 Å². The van der Waals surface area contributed by atoms with Gasteiger partial charge in [0.25, 0.3) is 5.91 Å². The SMILES string of the molecule is CCCNC(=O)Nc1cc(CC)cc(C(=O)N(CC)CC)c1O. The fraction of sp³-hybridized carbons (Fsp3) is 0.529. The number of anilines is 1. The summed E-state index contributed by atoms with van der Waals surface area (Å²) in [5.41, 5.74) is 1.36. The van der Waals surface area contributed by atoms with Crippen LogP contribution in [0.2, 0.25) is 0 Å². The molecule has 0 spiro atoms. The predicted octanol–water partition coefficient (Wildman–Crippen LogP) is 2.97. The second-order valence-corrected chi connectivity index (χ2v) is 5.25. The standard InChI is InChI=1S/C17H27N3O3/c1-5-9-18-17(23)19-14-11-12(6-2)10-13(15(14)21)16(22)20(7-3)8-4/h10-11,21H,5-9H2,1-4H3,(H2,18,19,23). The molecule has 0 heterocycles. The maximum absolute atomic E-state index is 12.5. The van der Waals surface area contributed by atoms with Gasteiger partial charge in [0.05, 0.1) is 11.3 Å². The van der Waals surface area contributed by atoms with Gasteiger partial charge in [-0.1, -0.05) is 13.8 Å². The number of carbonyl (C=O) groups is 2. The maximum atomic E-state index is 12.5. The van der Waals surface area contributed by atoms with Crippen molar-refractivity contribution in [2.45, 2.75) is 40.5 Å². The van der Waals surface area contributed by atoms with E-state index in [9.17, 15) is 14.7 Å². The fourth-order valence-corrected chi connectivity index (χ4v) is 2.24. The van der Waals surface area contributed by atoms with Crippen LogP contribution in [0.3, 0.4) is 0 Å². The molecule has 6 heteroatoms. The maximum Gasteiger partial charge on any atom is 0.319 e. The number of hydrogen-bond donors (Lipinski definition) is 3. The average Bonchev–Trinajstić information content (AvgIpc) is 2.55. The highest BCUT2D eigenvalue weighted by Gasteiger charge is 2.20. The van der Waals surface area contributed by atoms with Crippen LogP contribution in [0.4, 0.5) is 10.5 Å². The van der Waals surface area contributed by atoms with E-state index in [0.717, 1.165) is 12.0 Å². The molecule has 0 radical (unpaired) electrons. The third-order valence-electron chi connectivity index (χ3n) is 3.64. The molecule has 6 nitrogen and oxygen atoms in total. The molecule has 0 aliphatic rings. The average molecular weight is 321 g/mol. The van der Waals surface area contributed by atoms with Gasteiger partial charge in [-0.25, -0.2) is 4.79 Å². The lowest BCUT2D eigenvalue weighted by Gasteiger charge is -2.21. The minimum atomic E-state index is -0.392. The van der Waals surface area contributed by atoms with Crippen LogP contribution >= 0.6 is 0 Å². The number of benzene rings is 1. The van der Waals surface area contributed by atoms with Crippen molar-refractivity contribution in [3.63, 3.8) is 0 Å². The largest absolute Gasteiger partial charge is 0.505 e. The number of rotatable bonds is 7. The molecule has 0 bridgehead atoms. The van der Waals surface area contributed by atoms with Crippen LogP contribution in [-0.2, 0) is 6.42 Å². The van der Waals surface area contributed by atoms with E-state index in [0.29, 0.717) is 26.1 Å². The first-order valence-electron chi connectivity index (χ1n) is 8.18. The highest BCUT2D eigenvalue weighted by molar-refractivity contribution is 6.01. The minimum Gasteiger partial charge on any atom is -0.505 e. The number of amides is 3. The number of phenolic OH excluding ortho intramolecular Hbond substituents is 1. The molecule has 0 atom stereocenters. The molecule has 1 aromatic carbocycles. The Kier molecular flexibility index (Phi) is 7.38. The van der Waals surface area contributed by atoms with E-state index in [1.165, 1.54) is 0 Å². The lowest BCUT2D eigenvalue weighted by Crippen LogP contribution is -2.31. The number of carbonyl (C=O) groups excluding carboxylic acids is 2. The summed E-state index contributed by atoms with van der Waals surface area (Å²) in [6.07, 6.45) is 1.52. The molecule has 0 aromatic heterocycles. The number of nitrogens with one attached hydrogen (secondary N) is 2. The van der Waals surface area contributed by atoms with E-state index in [2.05, 4.69) is 10.6 Å². The van der Waals surface area contributed by atoms with E-state index in [1.807, 2.05) is 27.7 Å². The van der Waals surface area contributed by atoms with Crippen LogP contribution in [0, 0.1) is 0 Å². The smallest absolute Gasteiger partial charge is 0.319 e. The Hall–Kier alpha value is -2.24. The summed E-state index contributed by atoms with van der Waals surface area (Å²) in [4.78, 5) is 26.0. The third-order valence-corrected chi connectivity index (χ3v) is 3.64. The highest BCUT2D eigenvalue weighted by atomic mass is 16.3. The summed E-state index contributed by atoms with van der Waals surface area (Å²) in [5, 5.41) is 15.7. The van der Waals surface area contributed by atoms with Gasteiger partial charge in [-0.2, -0.15) is 0 Å². The monoisotopic (exact) mass is 321 g/mol. The number of aromatic hydroxyl groups is 1. The minimum absolute atomic E-state index is 0.189. The van der Waals surface area contributed by atoms with Crippen LogP contribution < -0.4 is 10.6 Å². The second-order valence-electron chi connectivity index (χ2n) is 5.25. The van der Waals surface area contributed by atoms with Crippen molar-refractivity contribution >= 4 is 17.6 Å². The number of nitrogens with zero attached hydrogens (tertiary/aromatic N) is 1. The van der Waals surface area contributed by atoms with Gasteiger partial charge in [0, 0.05) is 19.6 Å². The Bertz CT molecular complexity index is 554. The molecule has 0 aliphatic heterocycles. The molecule has 0 fully saturated rings. The molecule has 23 heavy (non-hydrogen) atoms. The van der Waals surface area contributed by atoms with Crippen molar-refractivity contribution in [1.29, 1.82) is 0 Å². The molecule has 3 N–H and O–H groups in total. The summed E-state index contributed by atoms with van der Waals surface area (Å²) in [5.74, 6) is -0.425. The Morgan fingerprint density at radius 3 is 2.30 bits per heavy atom. The van der Waals surface area contributed by atoms with Crippen molar-refractivity contribution in [2.24, 2.45) is 0 Å². The zero-order chi connectivity index (χ0) is 17.4. The van der Waals surface area contributed by atoms with Crippen LogP contribution in [0.25, 0.3) is 0 Å². The normalized spacial score (nSPS) is 10.3. The summed E-state index contributed by atoms with van der Waals surface area (Å²) in [7, 11) is 0. The first kappa shape index (κ1) is 18.8. The summed E-state index contributed by atoms with van der Waals surface area (Å²) >= 11 is 0. The zero-order valence-corrected chi connectivity index (χ0v) is 14.4. The van der Waals surface area contributed by atoms with Gasteiger partial charge in [0.1, 0.15) is 0 Å². The van der Waals surface area contributed by atoms with Crippen molar-refractivity contribution in [2.75, 3.05) is 25.0 Å². The molecular weight excluding hydrogens is 294 g/mol. The molecule has 1 rings (SSSR count). The van der Waals surface area contributed by atoms with Crippen LogP contribution in [0.1, 0.15) is 50.0 Å². The van der Waals surface area contributed by atoms with Gasteiger partial charge in [-0.05, 0) is 44.4 Å². The van der Waals surface area contributed by atoms with Crippen LogP contribution in [0.15, 0.2) is 12.1 Å². The molecule has 0 saturated heterocycles. The van der Waals surface area contributed by atoms with Gasteiger partial charge in [0.15, 0.2) is 5.75 Å². The zero-order valence-electron chi connectivity index (χ0n) is 14.4. The molecular formula is C17H27N3O3. The number of hydrogen-bond acceptors (Lipinski definition) is 3. The third kappa shape index (κ3) is 4.87. The lowest BCUT2D eigenvalue weighted by molar-refractivity contribution is 0.0770. The highest BCUT2D eigenvalue weighted by Crippen LogP contribution is 2.31. The summed E-state index contributed by atoms with van der Waals surface area (Å²) < 4.78 is 0. The Morgan fingerprint density at radius 2 is 1.78 bits per heavy atom. The van der Waals surface area contributed by atoms with Gasteiger partial charge in [-0.15, -0.1) is 0 Å². The molecule has 1 aromatic rings. The first-order chi connectivity index (χ1) is 11.0. The molecule has 0 unspecified atom stereocenters.